The number of nitrogens with zero attached hydrogens (tertiary/aromatic N) is 12. The van der Waals surface area contributed by atoms with Crippen molar-refractivity contribution >= 4 is 74.8 Å². The second-order valence-corrected chi connectivity index (χ2v) is 24.3. The number of piperazine rings is 2. The molecule has 0 N–H and O–H groups in total. The lowest BCUT2D eigenvalue weighted by Gasteiger charge is -2.44. The molecule has 4 atom stereocenters. The zero-order chi connectivity index (χ0) is 63.0. The van der Waals surface area contributed by atoms with Gasteiger partial charge in [0, 0.05) is 80.3 Å². The Morgan fingerprint density at radius 3 is 1.92 bits per heavy atom. The van der Waals surface area contributed by atoms with Crippen LogP contribution in [-0.4, -0.2) is 131 Å². The van der Waals surface area contributed by atoms with Gasteiger partial charge in [0.2, 0.25) is 11.8 Å². The van der Waals surface area contributed by atoms with Crippen LogP contribution in [0.25, 0.3) is 62.0 Å². The third-order valence-corrected chi connectivity index (χ3v) is 17.3. The molecule has 8 aromatic rings. The molecule has 460 valence electrons. The van der Waals surface area contributed by atoms with Gasteiger partial charge in [-0.3, -0.25) is 19.6 Å². The lowest BCUT2D eigenvalue weighted by molar-refractivity contribution is -0.129. The van der Waals surface area contributed by atoms with Gasteiger partial charge in [-0.1, -0.05) is 63.5 Å². The van der Waals surface area contributed by atoms with Crippen LogP contribution >= 0.6 is 23.2 Å². The fourth-order valence-electron chi connectivity index (χ4n) is 12.5. The van der Waals surface area contributed by atoms with Crippen LogP contribution in [0.2, 0.25) is 10.0 Å². The molecule has 0 radical (unpaired) electrons. The largest absolute Gasteiger partial charge is 0.490 e. The number of ether oxygens (including phenoxy) is 3. The van der Waals surface area contributed by atoms with Crippen molar-refractivity contribution in [3.63, 3.8) is 0 Å². The summed E-state index contributed by atoms with van der Waals surface area (Å²) in [6.07, 6.45) is 6.45. The molecule has 0 aliphatic carbocycles. The Bertz CT molecular complexity index is 4410. The number of rotatable bonds is 7. The molecule has 6 aromatic heterocycles. The topological polar surface area (TPSA) is 196 Å². The Kier molecular flexibility index (Phi) is 16.2. The van der Waals surface area contributed by atoms with Crippen molar-refractivity contribution in [2.24, 2.45) is 0 Å². The molecule has 2 amide bonds. The summed E-state index contributed by atoms with van der Waals surface area (Å²) in [7, 11) is 0. The van der Waals surface area contributed by atoms with Gasteiger partial charge in [-0.15, -0.1) is 0 Å². The predicted molar refractivity (Wildman–Crippen MR) is 335 cm³/mol. The van der Waals surface area contributed by atoms with Crippen molar-refractivity contribution in [2.75, 3.05) is 55.8 Å². The van der Waals surface area contributed by atoms with Crippen molar-refractivity contribution in [3.05, 3.63) is 151 Å². The molecule has 2 aromatic carbocycles. The molecular weight excluding hydrogens is 1190 g/mol. The van der Waals surface area contributed by atoms with Gasteiger partial charge in [-0.2, -0.15) is 9.97 Å². The molecule has 4 bridgehead atoms. The maximum absolute atomic E-state index is 17.0. The first kappa shape index (κ1) is 60.4. The quantitative estimate of drug-likeness (QED) is 0.137. The standard InChI is InChI=1S/C65H63Cl2F3N12O7/c1-10-50(83)77-28-36(8)79(30-34(77)6)60-42-26-45(67)55-41-24-39(68)25-47(70)59(41)89-20-12-13-38-23-40(72-54(33(4)5)57(38)81(62(42)73-55)64(85)75-60)16-17-51(84)78-29-37(9)80(31-35(78)7)61-43-27-46(69)56-52-44(66)14-11-15-48(52)87-21-22-88-49-18-19-71-53(32(2)3)58(49)82(63(43)74-56)65(86)76-61/h10-11,14-19,23-27,32-37H,1,12-13,20-22,28-31H2,2-9H3/b17-16+/t34-,35-,36+,37+/m1/s1. The number of aromatic nitrogens is 8. The second kappa shape index (κ2) is 23.9. The van der Waals surface area contributed by atoms with E-state index in [-0.39, 0.29) is 160 Å². The summed E-state index contributed by atoms with van der Waals surface area (Å²) in [5.41, 5.74) is 1.37. The van der Waals surface area contributed by atoms with Crippen LogP contribution in [0.3, 0.4) is 0 Å². The molecule has 0 unspecified atom stereocenters. The van der Waals surface area contributed by atoms with Crippen LogP contribution in [0.5, 0.6) is 17.2 Å². The van der Waals surface area contributed by atoms with Crippen molar-refractivity contribution in [2.45, 2.75) is 104 Å². The highest BCUT2D eigenvalue weighted by molar-refractivity contribution is 6.34. The molecule has 2 fully saturated rings. The number of aryl methyl sites for hydroxylation is 1. The number of hydrogen-bond acceptors (Lipinski definition) is 15. The van der Waals surface area contributed by atoms with Gasteiger partial charge < -0.3 is 33.8 Å². The van der Waals surface area contributed by atoms with E-state index in [0.717, 1.165) is 12.1 Å². The molecule has 12 rings (SSSR count). The first-order valence-electron chi connectivity index (χ1n) is 29.5. The average molecular weight is 1250 g/mol. The van der Waals surface area contributed by atoms with E-state index < -0.39 is 40.9 Å². The molecule has 4 aliphatic heterocycles. The third kappa shape index (κ3) is 10.9. The van der Waals surface area contributed by atoms with Crippen molar-refractivity contribution in [3.8, 4) is 51.1 Å². The van der Waals surface area contributed by atoms with Crippen LogP contribution in [-0.2, 0) is 16.0 Å². The minimum Gasteiger partial charge on any atom is -0.490 e. The van der Waals surface area contributed by atoms with Gasteiger partial charge in [0.15, 0.2) is 28.7 Å². The summed E-state index contributed by atoms with van der Waals surface area (Å²) < 4.78 is 69.2. The normalized spacial score (nSPS) is 18.6. The van der Waals surface area contributed by atoms with Crippen molar-refractivity contribution < 1.29 is 37.0 Å². The van der Waals surface area contributed by atoms with Crippen LogP contribution < -0.4 is 35.4 Å². The van der Waals surface area contributed by atoms with E-state index in [2.05, 4.69) is 16.5 Å². The monoisotopic (exact) mass is 1250 g/mol. The molecule has 19 nitrogen and oxygen atoms in total. The van der Waals surface area contributed by atoms with E-state index in [9.17, 15) is 14.4 Å². The Hall–Kier alpha value is -8.89. The smallest absolute Gasteiger partial charge is 0.356 e. The number of amides is 2. The minimum atomic E-state index is -0.968. The molecule has 10 heterocycles. The second-order valence-electron chi connectivity index (χ2n) is 23.5. The summed E-state index contributed by atoms with van der Waals surface area (Å²) in [6, 6.07) is 11.4. The molecule has 89 heavy (non-hydrogen) atoms. The number of carbonyl (C=O) groups is 2. The van der Waals surface area contributed by atoms with E-state index in [0.29, 0.717) is 51.7 Å². The Morgan fingerprint density at radius 2 is 1.27 bits per heavy atom. The van der Waals surface area contributed by atoms with E-state index in [1.165, 1.54) is 27.4 Å². The molecule has 0 spiro atoms. The maximum Gasteiger partial charge on any atom is 0.356 e. The summed E-state index contributed by atoms with van der Waals surface area (Å²) in [6.45, 7) is 19.9. The number of pyridine rings is 4. The van der Waals surface area contributed by atoms with Crippen LogP contribution in [0.15, 0.2) is 89.1 Å². The highest BCUT2D eigenvalue weighted by Crippen LogP contribution is 2.44. The van der Waals surface area contributed by atoms with E-state index in [4.69, 9.17) is 57.3 Å². The average Bonchev–Trinajstić information content (AvgIpc) is 0.746. The zero-order valence-corrected chi connectivity index (χ0v) is 51.7. The van der Waals surface area contributed by atoms with Crippen LogP contribution in [0.4, 0.5) is 24.8 Å². The fourth-order valence-corrected chi connectivity index (χ4v) is 13.0. The molecule has 2 saturated heterocycles. The van der Waals surface area contributed by atoms with Crippen molar-refractivity contribution in [1.29, 1.82) is 0 Å². The third-order valence-electron chi connectivity index (χ3n) is 16.7. The van der Waals surface area contributed by atoms with Crippen LogP contribution in [0, 0.1) is 17.5 Å². The number of hydrogen-bond donors (Lipinski definition) is 0. The van der Waals surface area contributed by atoms with E-state index >= 15 is 18.0 Å². The summed E-state index contributed by atoms with van der Waals surface area (Å²) in [4.78, 5) is 93.8. The predicted octanol–water partition coefficient (Wildman–Crippen LogP) is 10.8. The fraction of sp³-hybridized carbons (Fsp3) is 0.354. The van der Waals surface area contributed by atoms with Gasteiger partial charge in [0.05, 0.1) is 61.5 Å². The summed E-state index contributed by atoms with van der Waals surface area (Å²) in [5.74, 6) is -2.98. The number of carbonyl (C=O) groups excluding carboxylic acids is 2. The Morgan fingerprint density at radius 1 is 0.652 bits per heavy atom. The van der Waals surface area contributed by atoms with Crippen molar-refractivity contribution in [1.82, 2.24) is 48.8 Å². The summed E-state index contributed by atoms with van der Waals surface area (Å²) in [5, 5.41) is 0.755. The summed E-state index contributed by atoms with van der Waals surface area (Å²) >= 11 is 13.9. The first-order valence-corrected chi connectivity index (χ1v) is 30.3. The Balaban J connectivity index is 0.919. The molecule has 4 aliphatic rings. The number of benzene rings is 2. The number of anilines is 2. The van der Waals surface area contributed by atoms with Gasteiger partial charge >= 0.3 is 11.4 Å². The Labute approximate surface area is 520 Å². The maximum atomic E-state index is 17.0. The molecule has 0 saturated carbocycles. The van der Waals surface area contributed by atoms with Gasteiger partial charge in [-0.05, 0) is 106 Å². The van der Waals surface area contributed by atoms with Gasteiger partial charge in [0.1, 0.15) is 53.5 Å². The zero-order valence-electron chi connectivity index (χ0n) is 50.2. The SMILES string of the molecule is C=CC(=O)N1C[C@H](C)N(c2nc(=O)n3c4nc(c(Cl)cc24)-c2cc(F)cc(F)c2OCCCc2cc(/C=C/C(=O)N4C[C@H](C)N(c5nc(=O)n6c7nc(c(F)cc57)-c5c(Cl)cccc5OCCOc5ccnc(C(C)C)c5-6)C[C@H]4C)nc(C(C)C)c2-3)C[C@H]1C. The highest BCUT2D eigenvalue weighted by atomic mass is 35.5. The molecule has 24 heteroatoms. The van der Waals surface area contributed by atoms with Gasteiger partial charge in [0.25, 0.3) is 0 Å². The van der Waals surface area contributed by atoms with E-state index in [1.54, 1.807) is 58.5 Å². The van der Waals surface area contributed by atoms with E-state index in [1.807, 2.05) is 65.2 Å². The lowest BCUT2D eigenvalue weighted by Crippen LogP contribution is -2.58. The van der Waals surface area contributed by atoms with Crippen LogP contribution in [0.1, 0.15) is 96.3 Å². The minimum absolute atomic E-state index is 0.00860. The number of fused-ring (bicyclic) bond motifs is 10. The molecular formula is C65H63Cl2F3N12O7. The lowest BCUT2D eigenvalue weighted by atomic mass is 9.99. The highest BCUT2D eigenvalue weighted by Gasteiger charge is 2.38. The first-order chi connectivity index (χ1) is 42.6. The van der Waals surface area contributed by atoms with Gasteiger partial charge in [-0.25, -0.2) is 41.9 Å². The number of halogens is 5.